The predicted octanol–water partition coefficient (Wildman–Crippen LogP) is 3.24. The Morgan fingerprint density at radius 3 is 1.67 bits per heavy atom. The lowest BCUT2D eigenvalue weighted by molar-refractivity contribution is 0.321. The van der Waals surface area contributed by atoms with Crippen molar-refractivity contribution in [3.8, 4) is 0 Å². The number of rotatable bonds is 9. The quantitative estimate of drug-likeness (QED) is 0.614. The van der Waals surface area contributed by atoms with E-state index in [0.29, 0.717) is 0 Å². The molecule has 0 N–H and O–H groups in total. The molecule has 0 saturated heterocycles. The van der Waals surface area contributed by atoms with Crippen LogP contribution in [-0.2, 0) is 14.3 Å². The molecule has 0 aliphatic rings. The first kappa shape index (κ1) is 18.3. The Balaban J connectivity index is 5.16. The van der Waals surface area contributed by atoms with E-state index in [1.54, 1.807) is 0 Å². The maximum absolute atomic E-state index is 11.8. The molecule has 0 aromatic rings. The molecular formula is C13H30O3S2. The summed E-state index contributed by atoms with van der Waals surface area (Å²) in [5.41, 5.74) is -0.120. The summed E-state index contributed by atoms with van der Waals surface area (Å²) in [6.07, 6.45) is 4.13. The predicted molar refractivity (Wildman–Crippen MR) is 83.3 cm³/mol. The van der Waals surface area contributed by atoms with Gasteiger partial charge >= 0.3 is 0 Å². The van der Waals surface area contributed by atoms with Gasteiger partial charge in [-0.3, -0.25) is 4.18 Å². The highest BCUT2D eigenvalue weighted by Crippen LogP contribution is 2.50. The SMILES string of the molecule is CCC(CC)(CS(C)(CC)CC)CS(=O)(=O)OC. The van der Waals surface area contributed by atoms with Crippen LogP contribution in [0.4, 0.5) is 0 Å². The average Bonchev–Trinajstić information content (AvgIpc) is 2.37. The lowest BCUT2D eigenvalue weighted by atomic mass is 9.87. The normalized spacial score (nSPS) is 14.8. The lowest BCUT2D eigenvalue weighted by Gasteiger charge is -2.43. The van der Waals surface area contributed by atoms with Gasteiger partial charge in [0.2, 0.25) is 0 Å². The van der Waals surface area contributed by atoms with Crippen LogP contribution >= 0.6 is 10.0 Å². The van der Waals surface area contributed by atoms with E-state index < -0.39 is 20.1 Å². The van der Waals surface area contributed by atoms with Crippen molar-refractivity contribution in [2.45, 2.75) is 40.5 Å². The van der Waals surface area contributed by atoms with Gasteiger partial charge in [-0.05, 0) is 41.8 Å². The van der Waals surface area contributed by atoms with Gasteiger partial charge in [0.25, 0.3) is 10.1 Å². The summed E-state index contributed by atoms with van der Waals surface area (Å²) < 4.78 is 28.2. The maximum atomic E-state index is 11.8. The first-order chi connectivity index (χ1) is 8.22. The summed E-state index contributed by atoms with van der Waals surface area (Å²) in [6, 6.07) is 0. The summed E-state index contributed by atoms with van der Waals surface area (Å²) in [4.78, 5) is 0. The molecule has 3 nitrogen and oxygen atoms in total. The number of hydrogen-bond acceptors (Lipinski definition) is 3. The zero-order chi connectivity index (χ0) is 14.4. The molecule has 0 aliphatic carbocycles. The van der Waals surface area contributed by atoms with E-state index in [0.717, 1.165) is 30.1 Å². The van der Waals surface area contributed by atoms with Crippen LogP contribution in [0, 0.1) is 5.41 Å². The van der Waals surface area contributed by atoms with Gasteiger partial charge in [-0.1, -0.05) is 27.7 Å². The van der Waals surface area contributed by atoms with Crippen molar-refractivity contribution in [1.82, 2.24) is 0 Å². The fourth-order valence-corrected chi connectivity index (χ4v) is 6.59. The second kappa shape index (κ2) is 7.15. The molecule has 5 heteroatoms. The van der Waals surface area contributed by atoms with Gasteiger partial charge in [-0.25, -0.2) is 10.0 Å². The number of hydrogen-bond donors (Lipinski definition) is 0. The highest BCUT2D eigenvalue weighted by molar-refractivity contribution is 8.33. The monoisotopic (exact) mass is 298 g/mol. The van der Waals surface area contributed by atoms with Gasteiger partial charge < -0.3 is 0 Å². The maximum Gasteiger partial charge on any atom is 0.267 e. The second-order valence-electron chi connectivity index (χ2n) is 5.28. The lowest BCUT2D eigenvalue weighted by Crippen LogP contribution is -2.36. The molecule has 18 heavy (non-hydrogen) atoms. The van der Waals surface area contributed by atoms with Crippen molar-refractivity contribution in [1.29, 1.82) is 0 Å². The molecule has 0 unspecified atom stereocenters. The zero-order valence-electron chi connectivity index (χ0n) is 12.8. The molecule has 0 aromatic carbocycles. The van der Waals surface area contributed by atoms with Crippen LogP contribution in [-0.4, -0.2) is 44.8 Å². The summed E-state index contributed by atoms with van der Waals surface area (Å²) in [5.74, 6) is 3.52. The Morgan fingerprint density at radius 2 is 1.39 bits per heavy atom. The Hall–Kier alpha value is 0.260. The van der Waals surface area contributed by atoms with Crippen molar-refractivity contribution >= 4 is 20.1 Å². The van der Waals surface area contributed by atoms with Gasteiger partial charge in [0.15, 0.2) is 0 Å². The highest BCUT2D eigenvalue weighted by atomic mass is 32.3. The van der Waals surface area contributed by atoms with Crippen LogP contribution in [0.25, 0.3) is 0 Å². The third kappa shape index (κ3) is 5.10. The molecule has 0 fully saturated rings. The van der Waals surface area contributed by atoms with Crippen LogP contribution < -0.4 is 0 Å². The fraction of sp³-hybridized carbons (Fsp3) is 1.00. The second-order valence-corrected chi connectivity index (χ2v) is 11.4. The Morgan fingerprint density at radius 1 is 0.944 bits per heavy atom. The van der Waals surface area contributed by atoms with E-state index in [1.165, 1.54) is 7.11 Å². The van der Waals surface area contributed by atoms with Crippen LogP contribution in [0.1, 0.15) is 40.5 Å². The molecule has 0 saturated carbocycles. The molecule has 0 aromatic heterocycles. The third-order valence-corrected chi connectivity index (χ3v) is 9.86. The minimum absolute atomic E-state index is 0.120. The van der Waals surface area contributed by atoms with E-state index >= 15 is 0 Å². The van der Waals surface area contributed by atoms with Crippen molar-refractivity contribution in [2.24, 2.45) is 5.41 Å². The molecule has 0 atom stereocenters. The van der Waals surface area contributed by atoms with E-state index in [-0.39, 0.29) is 11.2 Å². The Labute approximate surface area is 115 Å². The van der Waals surface area contributed by atoms with Crippen molar-refractivity contribution in [3.05, 3.63) is 0 Å². The molecule has 112 valence electrons. The van der Waals surface area contributed by atoms with Crippen molar-refractivity contribution in [2.75, 3.05) is 36.4 Å². The first-order valence-corrected chi connectivity index (χ1v) is 10.8. The van der Waals surface area contributed by atoms with Gasteiger partial charge in [0.1, 0.15) is 0 Å². The van der Waals surface area contributed by atoms with Crippen LogP contribution in [0.15, 0.2) is 0 Å². The standard InChI is InChI=1S/C13H30O3S2/c1-7-13(8-2,12-18(14,15)16-5)11-17(6,9-3)10-4/h7-12H2,1-6H3. The summed E-state index contributed by atoms with van der Waals surface area (Å²) in [6.45, 7) is 8.64. The molecule has 0 radical (unpaired) electrons. The molecule has 0 rings (SSSR count). The molecule has 0 spiro atoms. The molecule has 0 amide bonds. The first-order valence-electron chi connectivity index (χ1n) is 6.71. The summed E-state index contributed by atoms with van der Waals surface area (Å²) in [5, 5.41) is 0. The Bertz CT molecular complexity index is 328. The van der Waals surface area contributed by atoms with Crippen LogP contribution in [0.3, 0.4) is 0 Å². The minimum atomic E-state index is -3.38. The van der Waals surface area contributed by atoms with Crippen molar-refractivity contribution < 1.29 is 12.6 Å². The molecule has 0 aliphatic heterocycles. The van der Waals surface area contributed by atoms with E-state index in [2.05, 4.69) is 38.1 Å². The largest absolute Gasteiger partial charge is 0.273 e. The highest BCUT2D eigenvalue weighted by Gasteiger charge is 2.36. The zero-order valence-corrected chi connectivity index (χ0v) is 14.4. The molecule has 0 bridgehead atoms. The van der Waals surface area contributed by atoms with Crippen LogP contribution in [0.2, 0.25) is 0 Å². The third-order valence-electron chi connectivity index (χ3n) is 4.29. The smallest absolute Gasteiger partial charge is 0.267 e. The topological polar surface area (TPSA) is 43.4 Å². The van der Waals surface area contributed by atoms with Gasteiger partial charge in [0, 0.05) is 0 Å². The average molecular weight is 299 g/mol. The van der Waals surface area contributed by atoms with Gasteiger partial charge in [-0.15, -0.1) is 0 Å². The summed E-state index contributed by atoms with van der Waals surface area (Å²) in [7, 11) is -2.81. The van der Waals surface area contributed by atoms with E-state index in [4.69, 9.17) is 0 Å². The fourth-order valence-electron chi connectivity index (χ4n) is 2.28. The van der Waals surface area contributed by atoms with Crippen LogP contribution in [0.5, 0.6) is 0 Å². The Kier molecular flexibility index (Phi) is 7.26. The van der Waals surface area contributed by atoms with E-state index in [1.807, 2.05) is 0 Å². The van der Waals surface area contributed by atoms with Crippen molar-refractivity contribution in [3.63, 3.8) is 0 Å². The van der Waals surface area contributed by atoms with Gasteiger partial charge in [-0.2, -0.15) is 8.42 Å². The van der Waals surface area contributed by atoms with E-state index in [9.17, 15) is 8.42 Å². The molecular weight excluding hydrogens is 268 g/mol. The van der Waals surface area contributed by atoms with Gasteiger partial charge in [0.05, 0.1) is 12.9 Å². The molecule has 0 heterocycles. The minimum Gasteiger partial charge on any atom is -0.273 e. The summed E-state index contributed by atoms with van der Waals surface area (Å²) >= 11 is 0.